The molecule has 0 radical (unpaired) electrons. The summed E-state index contributed by atoms with van der Waals surface area (Å²) in [6, 6.07) is 0. The van der Waals surface area contributed by atoms with E-state index in [9.17, 15) is 18.0 Å². The van der Waals surface area contributed by atoms with Crippen LogP contribution in [0.1, 0.15) is 29.0 Å². The fourth-order valence-corrected chi connectivity index (χ4v) is 1.64. The first-order valence-corrected chi connectivity index (χ1v) is 5.95. The normalized spacial score (nSPS) is 11.7. The lowest BCUT2D eigenvalue weighted by atomic mass is 10.2. The second kappa shape index (κ2) is 7.22. The number of aryl methyl sites for hydroxylation is 1. The maximum Gasteiger partial charge on any atom is 0.389 e. The summed E-state index contributed by atoms with van der Waals surface area (Å²) in [4.78, 5) is 11.5. The maximum absolute atomic E-state index is 12.1. The quantitative estimate of drug-likeness (QED) is 0.715. The van der Waals surface area contributed by atoms with Gasteiger partial charge in [-0.2, -0.15) is 13.2 Å². The Bertz CT molecular complexity index is 446. The van der Waals surface area contributed by atoms with E-state index >= 15 is 0 Å². The minimum absolute atomic E-state index is 0.0107. The van der Waals surface area contributed by atoms with Gasteiger partial charge in [0, 0.05) is 26.5 Å². The monoisotopic (exact) mass is 295 g/mol. The molecular formula is C11H16F3N3O3. The van der Waals surface area contributed by atoms with E-state index in [1.165, 1.54) is 18.9 Å². The van der Waals surface area contributed by atoms with Gasteiger partial charge in [0.15, 0.2) is 5.69 Å². The van der Waals surface area contributed by atoms with Crippen molar-refractivity contribution in [3.05, 3.63) is 11.4 Å². The summed E-state index contributed by atoms with van der Waals surface area (Å²) >= 11 is 0. The van der Waals surface area contributed by atoms with Crippen LogP contribution in [0.25, 0.3) is 0 Å². The zero-order valence-corrected chi connectivity index (χ0v) is 11.2. The number of esters is 1. The zero-order chi connectivity index (χ0) is 15.2. The highest BCUT2D eigenvalue weighted by Gasteiger charge is 2.27. The minimum atomic E-state index is -4.21. The highest BCUT2D eigenvalue weighted by molar-refractivity contribution is 5.88. The molecule has 1 heterocycles. The van der Waals surface area contributed by atoms with Crippen LogP contribution in [-0.2, 0) is 22.4 Å². The topological polar surface area (TPSA) is 66.2 Å². The number of halogens is 3. The lowest BCUT2D eigenvalue weighted by Crippen LogP contribution is -2.14. The highest BCUT2D eigenvalue weighted by atomic mass is 19.4. The fourth-order valence-electron chi connectivity index (χ4n) is 1.64. The zero-order valence-electron chi connectivity index (χ0n) is 11.2. The third kappa shape index (κ3) is 4.80. The Balaban J connectivity index is 2.78. The predicted octanol–water partition coefficient (Wildman–Crippen LogP) is 1.60. The van der Waals surface area contributed by atoms with Crippen LogP contribution in [0, 0.1) is 0 Å². The van der Waals surface area contributed by atoms with Crippen molar-refractivity contribution in [2.24, 2.45) is 0 Å². The third-order valence-electron chi connectivity index (χ3n) is 2.59. The maximum atomic E-state index is 12.1. The molecule has 20 heavy (non-hydrogen) atoms. The van der Waals surface area contributed by atoms with E-state index in [0.717, 1.165) is 0 Å². The van der Waals surface area contributed by atoms with E-state index < -0.39 is 18.6 Å². The number of carbonyl (C=O) groups excluding carboxylic acids is 1. The fraction of sp³-hybridized carbons (Fsp3) is 0.727. The van der Waals surface area contributed by atoms with Crippen LogP contribution in [0.4, 0.5) is 13.2 Å². The number of methoxy groups -OCH3 is 2. The van der Waals surface area contributed by atoms with Gasteiger partial charge >= 0.3 is 12.1 Å². The molecule has 0 aromatic carbocycles. The van der Waals surface area contributed by atoms with Crippen molar-refractivity contribution in [3.63, 3.8) is 0 Å². The number of alkyl halides is 3. The standard InChI is InChI=1S/C11H16F3N3O3/c1-19-7-4-8-9(10(18)20-2)15-16-17(8)6-3-5-11(12,13)14/h3-7H2,1-2H3. The van der Waals surface area contributed by atoms with Gasteiger partial charge in [0.25, 0.3) is 0 Å². The Labute approximate surface area is 113 Å². The van der Waals surface area contributed by atoms with Gasteiger partial charge in [-0.05, 0) is 6.42 Å². The van der Waals surface area contributed by atoms with Crippen molar-refractivity contribution in [1.82, 2.24) is 15.0 Å². The Morgan fingerprint density at radius 2 is 2.05 bits per heavy atom. The lowest BCUT2D eigenvalue weighted by Gasteiger charge is -2.08. The van der Waals surface area contributed by atoms with Crippen molar-refractivity contribution < 1.29 is 27.4 Å². The van der Waals surface area contributed by atoms with Crippen LogP contribution in [-0.4, -0.2) is 48.0 Å². The molecule has 114 valence electrons. The van der Waals surface area contributed by atoms with Crippen molar-refractivity contribution in [2.45, 2.75) is 32.0 Å². The number of aromatic nitrogens is 3. The Morgan fingerprint density at radius 3 is 2.60 bits per heavy atom. The van der Waals surface area contributed by atoms with Crippen LogP contribution in [0.5, 0.6) is 0 Å². The predicted molar refractivity (Wildman–Crippen MR) is 62.2 cm³/mol. The summed E-state index contributed by atoms with van der Waals surface area (Å²) < 4.78 is 47.1. The van der Waals surface area contributed by atoms with Gasteiger partial charge in [0.05, 0.1) is 19.4 Å². The van der Waals surface area contributed by atoms with E-state index in [2.05, 4.69) is 15.0 Å². The lowest BCUT2D eigenvalue weighted by molar-refractivity contribution is -0.136. The first-order valence-electron chi connectivity index (χ1n) is 5.95. The van der Waals surface area contributed by atoms with E-state index in [1.807, 2.05) is 0 Å². The Kier molecular flexibility index (Phi) is 5.93. The molecule has 0 N–H and O–H groups in total. The molecule has 0 unspecified atom stereocenters. The number of carbonyl (C=O) groups is 1. The van der Waals surface area contributed by atoms with E-state index in [0.29, 0.717) is 18.7 Å². The van der Waals surface area contributed by atoms with Gasteiger partial charge in [0.1, 0.15) is 0 Å². The minimum Gasteiger partial charge on any atom is -0.464 e. The molecule has 1 aromatic heterocycles. The van der Waals surface area contributed by atoms with Gasteiger partial charge in [-0.3, -0.25) is 0 Å². The summed E-state index contributed by atoms with van der Waals surface area (Å²) in [5.41, 5.74) is 0.428. The van der Waals surface area contributed by atoms with Crippen LogP contribution in [0.3, 0.4) is 0 Å². The molecule has 0 saturated heterocycles. The summed E-state index contributed by atoms with van der Waals surface area (Å²) in [7, 11) is 2.68. The number of rotatable bonds is 7. The molecule has 0 atom stereocenters. The molecule has 0 bridgehead atoms. The molecule has 0 aliphatic rings. The first kappa shape index (κ1) is 16.4. The average molecular weight is 295 g/mol. The molecule has 1 aromatic rings. The SMILES string of the molecule is COCCc1c(C(=O)OC)nnn1CCCC(F)(F)F. The number of ether oxygens (including phenoxy) is 2. The van der Waals surface area contributed by atoms with Crippen LogP contribution < -0.4 is 0 Å². The summed E-state index contributed by atoms with van der Waals surface area (Å²) in [5.74, 6) is -0.668. The van der Waals surface area contributed by atoms with Crippen LogP contribution >= 0.6 is 0 Å². The van der Waals surface area contributed by atoms with Gasteiger partial charge in [0.2, 0.25) is 0 Å². The number of hydrogen-bond donors (Lipinski definition) is 0. The van der Waals surface area contributed by atoms with Crippen molar-refractivity contribution in [1.29, 1.82) is 0 Å². The molecule has 0 spiro atoms. The van der Waals surface area contributed by atoms with Crippen molar-refractivity contribution in [3.8, 4) is 0 Å². The Morgan fingerprint density at radius 1 is 1.35 bits per heavy atom. The van der Waals surface area contributed by atoms with E-state index in [4.69, 9.17) is 4.74 Å². The van der Waals surface area contributed by atoms with Gasteiger partial charge < -0.3 is 9.47 Å². The number of hydrogen-bond acceptors (Lipinski definition) is 5. The first-order chi connectivity index (χ1) is 9.39. The summed E-state index contributed by atoms with van der Waals surface area (Å²) in [6.07, 6.45) is -4.93. The molecule has 0 aliphatic carbocycles. The van der Waals surface area contributed by atoms with Crippen LogP contribution in [0.15, 0.2) is 0 Å². The highest BCUT2D eigenvalue weighted by Crippen LogP contribution is 2.22. The number of nitrogens with zero attached hydrogens (tertiary/aromatic N) is 3. The smallest absolute Gasteiger partial charge is 0.389 e. The molecule has 0 aliphatic heterocycles. The Hall–Kier alpha value is -1.64. The molecule has 0 fully saturated rings. The van der Waals surface area contributed by atoms with Gasteiger partial charge in [-0.1, -0.05) is 5.21 Å². The van der Waals surface area contributed by atoms with E-state index in [1.54, 1.807) is 0 Å². The average Bonchev–Trinajstić information content (AvgIpc) is 2.77. The second-order valence-corrected chi connectivity index (χ2v) is 4.06. The third-order valence-corrected chi connectivity index (χ3v) is 2.59. The van der Waals surface area contributed by atoms with Crippen LogP contribution in [0.2, 0.25) is 0 Å². The molecule has 1 rings (SSSR count). The largest absolute Gasteiger partial charge is 0.464 e. The van der Waals surface area contributed by atoms with Crippen molar-refractivity contribution in [2.75, 3.05) is 20.8 Å². The molecule has 9 heteroatoms. The van der Waals surface area contributed by atoms with Crippen molar-refractivity contribution >= 4 is 5.97 Å². The molecule has 0 amide bonds. The summed E-state index contributed by atoms with van der Waals surface area (Å²) in [6.45, 7) is 0.333. The van der Waals surface area contributed by atoms with Gasteiger partial charge in [-0.25, -0.2) is 9.48 Å². The van der Waals surface area contributed by atoms with E-state index in [-0.39, 0.29) is 18.7 Å². The molecule has 0 saturated carbocycles. The summed E-state index contributed by atoms with van der Waals surface area (Å²) in [5, 5.41) is 7.36. The van der Waals surface area contributed by atoms with Gasteiger partial charge in [-0.15, -0.1) is 5.10 Å². The molecule has 6 nitrogen and oxygen atoms in total. The molecular weight excluding hydrogens is 279 g/mol. The second-order valence-electron chi connectivity index (χ2n) is 4.06.